The molecule has 1 saturated heterocycles. The summed E-state index contributed by atoms with van der Waals surface area (Å²) in [5.41, 5.74) is 1.06. The average molecular weight is 425 g/mol. The summed E-state index contributed by atoms with van der Waals surface area (Å²) >= 11 is 0. The van der Waals surface area contributed by atoms with Crippen molar-refractivity contribution in [2.75, 3.05) is 32.8 Å². The molecule has 0 aromatic heterocycles. The fourth-order valence-electron chi connectivity index (χ4n) is 3.14. The SMILES string of the molecule is CCOC(=O)N1CCN(C(=O)C(=Cc2ccc(F)cc2)NC(=O)c2ccccc2)CC1. The molecule has 0 saturated carbocycles. The van der Waals surface area contributed by atoms with Crippen LogP contribution in [-0.4, -0.2) is 60.5 Å². The summed E-state index contributed by atoms with van der Waals surface area (Å²) in [6, 6.07) is 14.2. The van der Waals surface area contributed by atoms with E-state index < -0.39 is 17.8 Å². The highest BCUT2D eigenvalue weighted by atomic mass is 19.1. The van der Waals surface area contributed by atoms with Crippen LogP contribution in [0.4, 0.5) is 9.18 Å². The van der Waals surface area contributed by atoms with Gasteiger partial charge in [0.25, 0.3) is 11.8 Å². The Bertz CT molecular complexity index is 953. The van der Waals surface area contributed by atoms with Crippen LogP contribution in [0, 0.1) is 5.82 Å². The van der Waals surface area contributed by atoms with Crippen molar-refractivity contribution in [1.82, 2.24) is 15.1 Å². The zero-order chi connectivity index (χ0) is 22.2. The van der Waals surface area contributed by atoms with Crippen LogP contribution in [0.25, 0.3) is 6.08 Å². The predicted molar refractivity (Wildman–Crippen MR) is 113 cm³/mol. The maximum Gasteiger partial charge on any atom is 0.409 e. The number of hydrogen-bond donors (Lipinski definition) is 1. The van der Waals surface area contributed by atoms with E-state index in [4.69, 9.17) is 4.74 Å². The number of nitrogens with zero attached hydrogens (tertiary/aromatic N) is 2. The molecular weight excluding hydrogens is 401 g/mol. The Balaban J connectivity index is 1.77. The molecule has 7 nitrogen and oxygen atoms in total. The lowest BCUT2D eigenvalue weighted by Gasteiger charge is -2.34. The molecule has 1 aliphatic heterocycles. The van der Waals surface area contributed by atoms with E-state index >= 15 is 0 Å². The van der Waals surface area contributed by atoms with Gasteiger partial charge in [0, 0.05) is 31.7 Å². The Morgan fingerprint density at radius 1 is 0.968 bits per heavy atom. The number of amides is 3. The van der Waals surface area contributed by atoms with E-state index in [9.17, 15) is 18.8 Å². The van der Waals surface area contributed by atoms with E-state index in [0.29, 0.717) is 37.3 Å². The van der Waals surface area contributed by atoms with E-state index in [1.54, 1.807) is 47.1 Å². The maximum atomic E-state index is 13.3. The molecule has 0 atom stereocenters. The minimum Gasteiger partial charge on any atom is -0.450 e. The number of ether oxygens (including phenoxy) is 1. The minimum absolute atomic E-state index is 0.0741. The molecule has 0 spiro atoms. The van der Waals surface area contributed by atoms with Gasteiger partial charge in [-0.25, -0.2) is 9.18 Å². The summed E-state index contributed by atoms with van der Waals surface area (Å²) in [6.45, 7) is 3.30. The lowest BCUT2D eigenvalue weighted by atomic mass is 10.1. The first kappa shape index (κ1) is 22.0. The Hall–Kier alpha value is -3.68. The third-order valence-electron chi connectivity index (χ3n) is 4.79. The van der Waals surface area contributed by atoms with Crippen LogP contribution in [0.3, 0.4) is 0 Å². The third-order valence-corrected chi connectivity index (χ3v) is 4.79. The molecule has 162 valence electrons. The third kappa shape index (κ3) is 5.91. The van der Waals surface area contributed by atoms with Gasteiger partial charge in [0.2, 0.25) is 0 Å². The highest BCUT2D eigenvalue weighted by Gasteiger charge is 2.27. The Morgan fingerprint density at radius 3 is 2.19 bits per heavy atom. The number of nitrogens with one attached hydrogen (secondary N) is 1. The largest absolute Gasteiger partial charge is 0.450 e. The quantitative estimate of drug-likeness (QED) is 0.748. The molecule has 0 aliphatic carbocycles. The first-order valence-corrected chi connectivity index (χ1v) is 10.0. The molecule has 1 fully saturated rings. The van der Waals surface area contributed by atoms with Gasteiger partial charge in [0.1, 0.15) is 11.5 Å². The van der Waals surface area contributed by atoms with Crippen molar-refractivity contribution in [3.05, 3.63) is 77.2 Å². The van der Waals surface area contributed by atoms with Gasteiger partial charge in [-0.15, -0.1) is 0 Å². The fraction of sp³-hybridized carbons (Fsp3) is 0.261. The Morgan fingerprint density at radius 2 is 1.58 bits per heavy atom. The van der Waals surface area contributed by atoms with Crippen molar-refractivity contribution >= 4 is 24.0 Å². The van der Waals surface area contributed by atoms with Gasteiger partial charge in [-0.2, -0.15) is 0 Å². The predicted octanol–water partition coefficient (Wildman–Crippen LogP) is 2.90. The van der Waals surface area contributed by atoms with Crippen LogP contribution in [0.1, 0.15) is 22.8 Å². The van der Waals surface area contributed by atoms with Crippen molar-refractivity contribution in [1.29, 1.82) is 0 Å². The molecule has 2 aromatic carbocycles. The standard InChI is InChI=1S/C23H24FN3O4/c1-2-31-23(30)27-14-12-26(13-15-27)22(29)20(16-17-8-10-19(24)11-9-17)25-21(28)18-6-4-3-5-7-18/h3-11,16H,2,12-15H2,1H3,(H,25,28). The van der Waals surface area contributed by atoms with Crippen LogP contribution in [0.5, 0.6) is 0 Å². The van der Waals surface area contributed by atoms with Crippen molar-refractivity contribution in [2.45, 2.75) is 6.92 Å². The smallest absolute Gasteiger partial charge is 0.409 e. The molecule has 1 heterocycles. The van der Waals surface area contributed by atoms with Gasteiger partial charge >= 0.3 is 6.09 Å². The second-order valence-corrected chi connectivity index (χ2v) is 6.91. The number of carbonyl (C=O) groups excluding carboxylic acids is 3. The van der Waals surface area contributed by atoms with Crippen molar-refractivity contribution in [2.24, 2.45) is 0 Å². The number of rotatable bonds is 5. The molecule has 8 heteroatoms. The molecule has 3 amide bonds. The number of carbonyl (C=O) groups is 3. The van der Waals surface area contributed by atoms with Gasteiger partial charge in [-0.3, -0.25) is 9.59 Å². The van der Waals surface area contributed by atoms with E-state index in [2.05, 4.69) is 5.32 Å². The minimum atomic E-state index is -0.424. The zero-order valence-electron chi connectivity index (χ0n) is 17.2. The molecule has 3 rings (SSSR count). The second kappa shape index (κ2) is 10.4. The monoisotopic (exact) mass is 425 g/mol. The summed E-state index contributed by atoms with van der Waals surface area (Å²) in [7, 11) is 0. The second-order valence-electron chi connectivity index (χ2n) is 6.91. The number of hydrogen-bond acceptors (Lipinski definition) is 4. The van der Waals surface area contributed by atoms with Crippen molar-refractivity contribution < 1.29 is 23.5 Å². The average Bonchev–Trinajstić information content (AvgIpc) is 2.80. The number of piperazine rings is 1. The van der Waals surface area contributed by atoms with E-state index in [1.165, 1.54) is 30.3 Å². The molecule has 2 aromatic rings. The van der Waals surface area contributed by atoms with Crippen LogP contribution >= 0.6 is 0 Å². The maximum absolute atomic E-state index is 13.3. The highest BCUT2D eigenvalue weighted by molar-refractivity contribution is 6.05. The van der Waals surface area contributed by atoms with Crippen LogP contribution < -0.4 is 5.32 Å². The lowest BCUT2D eigenvalue weighted by Crippen LogP contribution is -2.52. The zero-order valence-corrected chi connectivity index (χ0v) is 17.2. The van der Waals surface area contributed by atoms with Gasteiger partial charge in [-0.1, -0.05) is 30.3 Å². The van der Waals surface area contributed by atoms with Gasteiger partial charge in [-0.05, 0) is 42.8 Å². The van der Waals surface area contributed by atoms with Crippen molar-refractivity contribution in [3.8, 4) is 0 Å². The summed E-state index contributed by atoms with van der Waals surface area (Å²) in [5, 5.41) is 2.68. The molecule has 0 bridgehead atoms. The van der Waals surface area contributed by atoms with E-state index in [0.717, 1.165) is 0 Å². The summed E-state index contributed by atoms with van der Waals surface area (Å²) in [4.78, 5) is 40.8. The first-order chi connectivity index (χ1) is 15.0. The number of benzene rings is 2. The summed E-state index contributed by atoms with van der Waals surface area (Å²) < 4.78 is 18.3. The van der Waals surface area contributed by atoms with Crippen LogP contribution in [0.15, 0.2) is 60.3 Å². The van der Waals surface area contributed by atoms with Crippen LogP contribution in [-0.2, 0) is 9.53 Å². The normalized spacial score (nSPS) is 14.2. The van der Waals surface area contributed by atoms with Gasteiger partial charge < -0.3 is 19.9 Å². The highest BCUT2D eigenvalue weighted by Crippen LogP contribution is 2.13. The Labute approximate surface area is 180 Å². The molecule has 31 heavy (non-hydrogen) atoms. The molecule has 0 radical (unpaired) electrons. The summed E-state index contributed by atoms with van der Waals surface area (Å²) in [6.07, 6.45) is 1.11. The number of halogens is 1. The van der Waals surface area contributed by atoms with Gasteiger partial charge in [0.05, 0.1) is 6.61 Å². The topological polar surface area (TPSA) is 79.0 Å². The fourth-order valence-corrected chi connectivity index (χ4v) is 3.14. The van der Waals surface area contributed by atoms with Crippen LogP contribution in [0.2, 0.25) is 0 Å². The molecular formula is C23H24FN3O4. The molecule has 1 N–H and O–H groups in total. The van der Waals surface area contributed by atoms with E-state index in [1.807, 2.05) is 0 Å². The first-order valence-electron chi connectivity index (χ1n) is 10.0. The van der Waals surface area contributed by atoms with Gasteiger partial charge in [0.15, 0.2) is 0 Å². The molecule has 0 unspecified atom stereocenters. The summed E-state index contributed by atoms with van der Waals surface area (Å²) in [5.74, 6) is -1.20. The Kier molecular flexibility index (Phi) is 7.37. The van der Waals surface area contributed by atoms with Crippen molar-refractivity contribution in [3.63, 3.8) is 0 Å². The van der Waals surface area contributed by atoms with E-state index in [-0.39, 0.29) is 18.2 Å². The lowest BCUT2D eigenvalue weighted by molar-refractivity contribution is -0.128. The molecule has 1 aliphatic rings.